The maximum atomic E-state index is 12.9. The van der Waals surface area contributed by atoms with E-state index in [0.717, 1.165) is 49.7 Å². The van der Waals surface area contributed by atoms with Gasteiger partial charge in [-0.25, -0.2) is 0 Å². The summed E-state index contributed by atoms with van der Waals surface area (Å²) in [6.07, 6.45) is -8.88. The van der Waals surface area contributed by atoms with Crippen molar-refractivity contribution in [3.63, 3.8) is 0 Å². The zero-order chi connectivity index (χ0) is 32.0. The third kappa shape index (κ3) is 8.95. The van der Waals surface area contributed by atoms with E-state index in [1.165, 1.54) is 0 Å². The van der Waals surface area contributed by atoms with Gasteiger partial charge in [-0.05, 0) is 227 Å². The van der Waals surface area contributed by atoms with Crippen LogP contribution in [0.15, 0.2) is 48.5 Å². The van der Waals surface area contributed by atoms with Gasteiger partial charge in [-0.2, -0.15) is 0 Å². The summed E-state index contributed by atoms with van der Waals surface area (Å²) >= 11 is 10.5. The van der Waals surface area contributed by atoms with Crippen LogP contribution >= 0.6 is 113 Å². The minimum atomic E-state index is -4.77. The molecule has 43 heavy (non-hydrogen) atoms. The van der Waals surface area contributed by atoms with E-state index in [-0.39, 0.29) is 11.5 Å². The number of hydrogen-bond donors (Lipinski definition) is 0. The topological polar surface area (TPSA) is 18.5 Å². The average Bonchev–Trinajstić information content (AvgIpc) is 2.82. The molecular weight excluding hydrogens is 1140 g/mol. The molecule has 4 aromatic carbocycles. The molecule has 0 heterocycles. The van der Waals surface area contributed by atoms with Gasteiger partial charge < -0.3 is 9.47 Å². The van der Waals surface area contributed by atoms with Gasteiger partial charge in [0.1, 0.15) is 5.75 Å². The van der Waals surface area contributed by atoms with Crippen molar-refractivity contribution in [2.75, 3.05) is 0 Å². The molecule has 4 rings (SSSR count). The Balaban J connectivity index is 1.64. The highest BCUT2D eigenvalue weighted by molar-refractivity contribution is 14.1. The summed E-state index contributed by atoms with van der Waals surface area (Å²) in [6, 6.07) is 15.1. The van der Waals surface area contributed by atoms with Gasteiger partial charge in [-0.3, -0.25) is 0 Å². The molecule has 0 aliphatic carbocycles. The van der Waals surface area contributed by atoms with E-state index in [1.54, 1.807) is 38.1 Å². The molecule has 0 amide bonds. The van der Waals surface area contributed by atoms with E-state index in [1.807, 2.05) is 52.1 Å². The van der Waals surface area contributed by atoms with Crippen LogP contribution in [0.1, 0.15) is 27.8 Å². The summed E-state index contributed by atoms with van der Waals surface area (Å²) in [5.41, 5.74) is 7.47. The second-order valence-electron chi connectivity index (χ2n) is 9.68. The fourth-order valence-corrected chi connectivity index (χ4v) is 10.5. The van der Waals surface area contributed by atoms with Crippen LogP contribution in [0.3, 0.4) is 0 Å². The fraction of sp³-hybridized carbons (Fsp3) is 0.200. The molecular formula is C30H19F6I5O2. The normalized spacial score (nSPS) is 12.0. The van der Waals surface area contributed by atoms with Crippen molar-refractivity contribution in [2.45, 2.75) is 39.9 Å². The molecule has 13 heteroatoms. The molecule has 0 fully saturated rings. The Morgan fingerprint density at radius 3 is 1.33 bits per heavy atom. The van der Waals surface area contributed by atoms with E-state index in [9.17, 15) is 26.3 Å². The quantitative estimate of drug-likeness (QED) is 0.142. The van der Waals surface area contributed by atoms with E-state index >= 15 is 0 Å². The summed E-state index contributed by atoms with van der Waals surface area (Å²) < 4.78 is 89.3. The van der Waals surface area contributed by atoms with Crippen LogP contribution in [-0.2, 0) is 6.42 Å². The number of halogens is 11. The van der Waals surface area contributed by atoms with Crippen molar-refractivity contribution < 1.29 is 35.8 Å². The van der Waals surface area contributed by atoms with E-state index in [4.69, 9.17) is 0 Å². The predicted octanol–water partition coefficient (Wildman–Crippen LogP) is 12.4. The average molecular weight is 1160 g/mol. The van der Waals surface area contributed by atoms with E-state index < -0.39 is 12.7 Å². The second kappa shape index (κ2) is 13.8. The Morgan fingerprint density at radius 2 is 0.884 bits per heavy atom. The molecule has 0 bridgehead atoms. The minimum absolute atomic E-state index is 0.178. The number of aryl methyl sites for hydroxylation is 3. The Hall–Kier alpha value is -0.290. The SMILES string of the molecule is Cc1cc(-c2c(C)cc(Cc3cc(I)c(-c4cc(I)c(OC(F)(F)F)c(I)c4)c(I)c3)cc2I)cc(C)c1OC(F)(F)F. The molecule has 4 aromatic rings. The van der Waals surface area contributed by atoms with Gasteiger partial charge in [-0.1, -0.05) is 6.07 Å². The van der Waals surface area contributed by atoms with Gasteiger partial charge >= 0.3 is 12.7 Å². The van der Waals surface area contributed by atoms with E-state index in [2.05, 4.69) is 102 Å². The van der Waals surface area contributed by atoms with Crippen LogP contribution in [0, 0.1) is 38.6 Å². The molecule has 0 aromatic heterocycles. The van der Waals surface area contributed by atoms with Crippen LogP contribution in [-0.4, -0.2) is 12.7 Å². The molecule has 0 N–H and O–H groups in total. The highest BCUT2D eigenvalue weighted by Crippen LogP contribution is 2.40. The number of alkyl halides is 6. The molecule has 0 saturated heterocycles. The smallest absolute Gasteiger partial charge is 0.405 e. The Kier molecular flexibility index (Phi) is 11.4. The van der Waals surface area contributed by atoms with Crippen molar-refractivity contribution >= 4 is 113 Å². The summed E-state index contributed by atoms with van der Waals surface area (Å²) in [7, 11) is 0. The zero-order valence-corrected chi connectivity index (χ0v) is 33.1. The lowest BCUT2D eigenvalue weighted by Gasteiger charge is -2.18. The standard InChI is InChI=1S/C30H19F6I5O2/c1-13-4-16(8-20(37)25(13)18-5-14(2)27(15(3)6-18)42-29(31,32)33)7-17-9-21(38)26(22(39)10-17)19-11-23(40)28(24(41)12-19)43-30(34,35)36/h4-6,8-12H,7H2,1-3H3. The maximum Gasteiger partial charge on any atom is 0.573 e. The van der Waals surface area contributed by atoms with Gasteiger partial charge in [0.05, 0.1) is 7.14 Å². The van der Waals surface area contributed by atoms with Gasteiger partial charge in [0, 0.05) is 16.3 Å². The first kappa shape index (κ1) is 35.6. The van der Waals surface area contributed by atoms with Crippen molar-refractivity contribution in [3.05, 3.63) is 94.2 Å². The predicted molar refractivity (Wildman–Crippen MR) is 198 cm³/mol. The van der Waals surface area contributed by atoms with Gasteiger partial charge in [-0.15, -0.1) is 26.3 Å². The lowest BCUT2D eigenvalue weighted by molar-refractivity contribution is -0.276. The summed E-state index contributed by atoms with van der Waals surface area (Å²) in [5, 5.41) is 0. The highest BCUT2D eigenvalue weighted by Gasteiger charge is 2.34. The van der Waals surface area contributed by atoms with Crippen LogP contribution in [0.2, 0.25) is 0 Å². The molecule has 0 unspecified atom stereocenters. The van der Waals surface area contributed by atoms with Gasteiger partial charge in [0.2, 0.25) is 0 Å². The van der Waals surface area contributed by atoms with E-state index in [0.29, 0.717) is 24.7 Å². The van der Waals surface area contributed by atoms with Crippen LogP contribution in [0.25, 0.3) is 22.3 Å². The summed E-state index contributed by atoms with van der Waals surface area (Å²) in [4.78, 5) is 0. The molecule has 0 atom stereocenters. The maximum absolute atomic E-state index is 12.9. The molecule has 2 nitrogen and oxygen atoms in total. The first-order chi connectivity index (χ1) is 19.8. The van der Waals surface area contributed by atoms with Crippen molar-refractivity contribution in [1.82, 2.24) is 0 Å². The molecule has 228 valence electrons. The third-order valence-corrected chi connectivity index (χ3v) is 10.5. The first-order valence-corrected chi connectivity index (χ1v) is 17.6. The van der Waals surface area contributed by atoms with Gasteiger partial charge in [0.25, 0.3) is 0 Å². The summed E-state index contributed by atoms with van der Waals surface area (Å²) in [6.45, 7) is 5.19. The van der Waals surface area contributed by atoms with Crippen LogP contribution in [0.5, 0.6) is 11.5 Å². The van der Waals surface area contributed by atoms with Crippen LogP contribution < -0.4 is 9.47 Å². The largest absolute Gasteiger partial charge is 0.573 e. The fourth-order valence-electron chi connectivity index (χ4n) is 4.81. The van der Waals surface area contributed by atoms with Crippen molar-refractivity contribution in [2.24, 2.45) is 0 Å². The Morgan fingerprint density at radius 1 is 0.488 bits per heavy atom. The lowest BCUT2D eigenvalue weighted by Crippen LogP contribution is -2.18. The summed E-state index contributed by atoms with van der Waals surface area (Å²) in [5.74, 6) is -0.383. The Labute approximate surface area is 312 Å². The molecule has 0 aliphatic heterocycles. The van der Waals surface area contributed by atoms with Gasteiger partial charge in [0.15, 0.2) is 5.75 Å². The van der Waals surface area contributed by atoms with Crippen molar-refractivity contribution in [1.29, 1.82) is 0 Å². The molecule has 0 spiro atoms. The molecule has 0 saturated carbocycles. The number of benzene rings is 4. The first-order valence-electron chi connectivity index (χ1n) is 12.2. The Bertz CT molecular complexity index is 1500. The zero-order valence-electron chi connectivity index (χ0n) is 22.3. The highest BCUT2D eigenvalue weighted by atomic mass is 127. The van der Waals surface area contributed by atoms with Crippen molar-refractivity contribution in [3.8, 4) is 33.8 Å². The minimum Gasteiger partial charge on any atom is -0.405 e. The van der Waals surface area contributed by atoms with Crippen LogP contribution in [0.4, 0.5) is 26.3 Å². The lowest BCUT2D eigenvalue weighted by atomic mass is 9.93. The molecule has 0 radical (unpaired) electrons. The third-order valence-electron chi connectivity index (χ3n) is 6.33. The second-order valence-corrected chi connectivity index (χ2v) is 15.5. The number of rotatable bonds is 6. The molecule has 0 aliphatic rings. The number of ether oxygens (including phenoxy) is 2. The monoisotopic (exact) mass is 1160 g/mol. The number of hydrogen-bond acceptors (Lipinski definition) is 2.